The molecule has 4 aliphatic rings. The highest BCUT2D eigenvalue weighted by Gasteiger charge is 2.38. The minimum absolute atomic E-state index is 0.268. The average molecular weight is 668 g/mol. The van der Waals surface area contributed by atoms with Crippen molar-refractivity contribution < 1.29 is 19.2 Å². The number of amides is 4. The number of imide groups is 2. The molecule has 0 spiro atoms. The van der Waals surface area contributed by atoms with E-state index in [4.69, 9.17) is 5.53 Å². The van der Waals surface area contributed by atoms with E-state index in [-0.39, 0.29) is 23.6 Å². The lowest BCUT2D eigenvalue weighted by atomic mass is 9.80. The summed E-state index contributed by atoms with van der Waals surface area (Å²) in [7, 11) is 1.55. The number of fused-ring (bicyclic) bond motifs is 2. The van der Waals surface area contributed by atoms with E-state index in [1.807, 2.05) is 36.4 Å². The second-order valence-corrected chi connectivity index (χ2v) is 14.1. The summed E-state index contributed by atoms with van der Waals surface area (Å²) in [6.07, 6.45) is 7.31. The van der Waals surface area contributed by atoms with Crippen LogP contribution in [0, 0.1) is 0 Å². The zero-order valence-corrected chi connectivity index (χ0v) is 28.1. The molecule has 4 heterocycles. The van der Waals surface area contributed by atoms with Gasteiger partial charge in [0.05, 0.1) is 11.1 Å². The molecule has 0 bridgehead atoms. The Morgan fingerprint density at radius 2 is 1.08 bits per heavy atom. The van der Waals surface area contributed by atoms with Crippen LogP contribution in [0.2, 0.25) is 0 Å². The van der Waals surface area contributed by atoms with E-state index >= 15 is 0 Å². The predicted octanol–water partition coefficient (Wildman–Crippen LogP) is 7.63. The summed E-state index contributed by atoms with van der Waals surface area (Å²) in [5.74, 6) is -1.15. The number of rotatable bonds is 9. The van der Waals surface area contributed by atoms with Crippen LogP contribution in [0.5, 0.6) is 0 Å². The second kappa shape index (κ2) is 11.6. The van der Waals surface area contributed by atoms with Gasteiger partial charge in [-0.1, -0.05) is 30.1 Å². The van der Waals surface area contributed by atoms with Crippen LogP contribution in [-0.2, 0) is 0 Å². The number of anilines is 2. The molecular formula is C39H37N7O4. The number of benzene rings is 5. The Bertz CT molecular complexity index is 2370. The molecule has 0 unspecified atom stereocenters. The first kappa shape index (κ1) is 30.6. The van der Waals surface area contributed by atoms with Crippen LogP contribution < -0.4 is 9.80 Å². The average Bonchev–Trinajstić information content (AvgIpc) is 3.88. The highest BCUT2D eigenvalue weighted by atomic mass is 16.2. The molecule has 0 atom stereocenters. The van der Waals surface area contributed by atoms with Crippen LogP contribution >= 0.6 is 0 Å². The molecule has 0 radical (unpaired) electrons. The van der Waals surface area contributed by atoms with Gasteiger partial charge in [-0.2, -0.15) is 0 Å². The van der Waals surface area contributed by atoms with Gasteiger partial charge in [-0.05, 0) is 79.1 Å². The van der Waals surface area contributed by atoms with Gasteiger partial charge in [-0.25, -0.2) is 0 Å². The molecule has 4 amide bonds. The zero-order valence-electron chi connectivity index (χ0n) is 28.1. The number of carbonyl (C=O) groups is 4. The number of azide groups is 1. The Kier molecular flexibility index (Phi) is 7.10. The van der Waals surface area contributed by atoms with Crippen LogP contribution in [-0.4, -0.2) is 79.7 Å². The van der Waals surface area contributed by atoms with Crippen molar-refractivity contribution in [2.24, 2.45) is 5.11 Å². The highest BCUT2D eigenvalue weighted by molar-refractivity contribution is 6.44. The molecule has 11 heteroatoms. The summed E-state index contributed by atoms with van der Waals surface area (Å²) in [5, 5.41) is 10.6. The van der Waals surface area contributed by atoms with E-state index in [0.29, 0.717) is 52.5 Å². The first-order valence-corrected chi connectivity index (χ1v) is 17.9. The Labute approximate surface area is 288 Å². The van der Waals surface area contributed by atoms with E-state index in [0.717, 1.165) is 115 Å². The number of carbonyl (C=O) groups excluding carboxylic acids is 4. The van der Waals surface area contributed by atoms with Gasteiger partial charge < -0.3 is 9.80 Å². The predicted molar refractivity (Wildman–Crippen MR) is 195 cm³/mol. The summed E-state index contributed by atoms with van der Waals surface area (Å²) in [4.78, 5) is 66.1. The molecule has 11 nitrogen and oxygen atoms in total. The molecule has 2 fully saturated rings. The summed E-state index contributed by atoms with van der Waals surface area (Å²) < 4.78 is 0. The molecular weight excluding hydrogens is 630 g/mol. The molecule has 0 aromatic heterocycles. The highest BCUT2D eigenvalue weighted by Crippen LogP contribution is 2.52. The van der Waals surface area contributed by atoms with Crippen molar-refractivity contribution in [1.82, 2.24) is 9.80 Å². The van der Waals surface area contributed by atoms with Crippen LogP contribution in [0.25, 0.3) is 53.5 Å². The number of hydrogen-bond donors (Lipinski definition) is 0. The number of hydrogen-bond acceptors (Lipinski definition) is 7. The first-order chi connectivity index (χ1) is 24.4. The monoisotopic (exact) mass is 667 g/mol. The molecule has 5 aromatic rings. The zero-order chi connectivity index (χ0) is 34.3. The fraction of sp³-hybridized carbons (Fsp3) is 0.385. The summed E-state index contributed by atoms with van der Waals surface area (Å²) in [6.45, 7) is 4.20. The van der Waals surface area contributed by atoms with E-state index in [2.05, 4.69) is 19.8 Å². The largest absolute Gasteiger partial charge is 0.371 e. The molecule has 4 aliphatic heterocycles. The van der Waals surface area contributed by atoms with E-state index < -0.39 is 0 Å². The fourth-order valence-electron chi connectivity index (χ4n) is 9.06. The fourth-order valence-corrected chi connectivity index (χ4v) is 9.06. The lowest BCUT2D eigenvalue weighted by Gasteiger charge is -2.33. The van der Waals surface area contributed by atoms with Crippen molar-refractivity contribution in [3.63, 3.8) is 0 Å². The SMILES string of the molecule is CN1C(=O)c2ccc3c4c(N5CCCC5)cc5c6c(ccc(c7c(N8CCCC8)cc(c2c37)C1=O)c64)C(=O)N(CCCCCCN=[N+]=[N-])C5=O. The number of nitrogens with zero attached hydrogens (tertiary/aromatic N) is 7. The smallest absolute Gasteiger partial charge is 0.261 e. The molecule has 0 saturated carbocycles. The first-order valence-electron chi connectivity index (χ1n) is 17.9. The Morgan fingerprint density at radius 3 is 1.64 bits per heavy atom. The lowest BCUT2D eigenvalue weighted by molar-refractivity contribution is 0.0603. The molecule has 50 heavy (non-hydrogen) atoms. The van der Waals surface area contributed by atoms with E-state index in [1.165, 1.54) is 9.80 Å². The van der Waals surface area contributed by atoms with Crippen molar-refractivity contribution in [3.8, 4) is 0 Å². The van der Waals surface area contributed by atoms with Crippen molar-refractivity contribution in [2.45, 2.75) is 51.4 Å². The third kappa shape index (κ3) is 4.25. The number of unbranched alkanes of at least 4 members (excludes halogenated alkanes) is 3. The topological polar surface area (TPSA) is 130 Å². The van der Waals surface area contributed by atoms with Crippen molar-refractivity contribution in [1.29, 1.82) is 0 Å². The van der Waals surface area contributed by atoms with Gasteiger partial charge in [-0.3, -0.25) is 29.0 Å². The summed E-state index contributed by atoms with van der Waals surface area (Å²) in [5.41, 5.74) is 12.6. The molecule has 252 valence electrons. The third-order valence-electron chi connectivity index (χ3n) is 11.4. The van der Waals surface area contributed by atoms with E-state index in [9.17, 15) is 19.2 Å². The Balaban J connectivity index is 1.32. The molecule has 0 N–H and O–H groups in total. The van der Waals surface area contributed by atoms with Gasteiger partial charge in [0, 0.05) is 106 Å². The van der Waals surface area contributed by atoms with E-state index in [1.54, 1.807) is 7.05 Å². The minimum atomic E-state index is -0.309. The molecule has 5 aromatic carbocycles. The van der Waals surface area contributed by atoms with Crippen LogP contribution in [0.4, 0.5) is 11.4 Å². The summed E-state index contributed by atoms with van der Waals surface area (Å²) in [6, 6.07) is 11.8. The van der Waals surface area contributed by atoms with Gasteiger partial charge >= 0.3 is 0 Å². The standard InChI is InChI=1S/C39H37N7O4/c1-43-36(47)24-12-10-22-33-29(45-17-8-9-18-45)21-27-31-25(38(49)46(39(27)50)19-5-3-2-4-14-41-42-40)13-11-23(35(31)33)32-28(44-15-6-7-16-44)20-26(37(43)48)30(24)34(22)32/h10-13,20-21H,2-9,14-19H2,1H3. The molecule has 0 aliphatic carbocycles. The van der Waals surface area contributed by atoms with Gasteiger partial charge in [0.1, 0.15) is 0 Å². The normalized spacial score (nSPS) is 17.5. The molecule has 2 saturated heterocycles. The molecule has 9 rings (SSSR count). The van der Waals surface area contributed by atoms with Crippen molar-refractivity contribution in [2.75, 3.05) is 56.1 Å². The van der Waals surface area contributed by atoms with Crippen molar-refractivity contribution >= 4 is 78.1 Å². The lowest BCUT2D eigenvalue weighted by Crippen LogP contribution is -2.41. The Hall–Kier alpha value is -5.41. The third-order valence-corrected chi connectivity index (χ3v) is 11.4. The maximum atomic E-state index is 14.4. The van der Waals surface area contributed by atoms with Crippen LogP contribution in [0.15, 0.2) is 41.5 Å². The van der Waals surface area contributed by atoms with Crippen LogP contribution in [0.3, 0.4) is 0 Å². The van der Waals surface area contributed by atoms with Gasteiger partial charge in [0.25, 0.3) is 23.6 Å². The van der Waals surface area contributed by atoms with Gasteiger partial charge in [0.2, 0.25) is 0 Å². The Morgan fingerprint density at radius 1 is 0.600 bits per heavy atom. The van der Waals surface area contributed by atoms with Gasteiger partial charge in [-0.15, -0.1) is 0 Å². The minimum Gasteiger partial charge on any atom is -0.371 e. The van der Waals surface area contributed by atoms with Crippen molar-refractivity contribution in [3.05, 3.63) is 69.1 Å². The quantitative estimate of drug-likeness (QED) is 0.0302. The maximum Gasteiger partial charge on any atom is 0.261 e. The second-order valence-electron chi connectivity index (χ2n) is 14.1. The van der Waals surface area contributed by atoms with Gasteiger partial charge in [0.15, 0.2) is 0 Å². The van der Waals surface area contributed by atoms with Crippen LogP contribution in [0.1, 0.15) is 92.8 Å². The summed E-state index contributed by atoms with van der Waals surface area (Å²) >= 11 is 0. The maximum absolute atomic E-state index is 14.4.